The number of likely N-dealkylation sites (tertiary alicyclic amines) is 1. The number of hydrogen-bond donors (Lipinski definition) is 1. The van der Waals surface area contributed by atoms with Crippen molar-refractivity contribution in [3.8, 4) is 0 Å². The summed E-state index contributed by atoms with van der Waals surface area (Å²) in [5, 5.41) is 2.25. The second-order valence-electron chi connectivity index (χ2n) is 4.91. The zero-order valence-electron chi connectivity index (χ0n) is 12.3. The van der Waals surface area contributed by atoms with Gasteiger partial charge in [0.25, 0.3) is 0 Å². The first-order valence-electron chi connectivity index (χ1n) is 6.87. The molecule has 2 amide bonds. The summed E-state index contributed by atoms with van der Waals surface area (Å²) in [6.45, 7) is 0.853. The molecule has 1 aromatic heterocycles. The van der Waals surface area contributed by atoms with Crippen LogP contribution in [0.4, 0.5) is 19.0 Å². The first-order valence-corrected chi connectivity index (χ1v) is 8.10. The number of anilines is 1. The topological polar surface area (TPSA) is 75.2 Å². The van der Waals surface area contributed by atoms with Gasteiger partial charge in [-0.2, -0.15) is 13.2 Å². The Morgan fingerprint density at radius 3 is 2.74 bits per heavy atom. The average Bonchev–Trinajstić information content (AvgIpc) is 2.89. The van der Waals surface area contributed by atoms with Gasteiger partial charge in [0.05, 0.1) is 0 Å². The van der Waals surface area contributed by atoms with Gasteiger partial charge in [-0.15, -0.1) is 0 Å². The number of hydrogen-bond acceptors (Lipinski definition) is 5. The number of rotatable bonds is 5. The number of carbonyl (C=O) groups excluding carboxylic acids is 2. The van der Waals surface area contributed by atoms with Crippen LogP contribution >= 0.6 is 11.8 Å². The van der Waals surface area contributed by atoms with Gasteiger partial charge in [-0.25, -0.2) is 9.97 Å². The highest BCUT2D eigenvalue weighted by atomic mass is 32.2. The number of halogens is 3. The summed E-state index contributed by atoms with van der Waals surface area (Å²) in [6, 6.07) is 0.693. The van der Waals surface area contributed by atoms with E-state index in [1.54, 1.807) is 11.2 Å². The van der Waals surface area contributed by atoms with E-state index in [-0.39, 0.29) is 29.8 Å². The minimum absolute atomic E-state index is 0.00565. The Balaban J connectivity index is 2.01. The maximum atomic E-state index is 12.8. The van der Waals surface area contributed by atoms with Crippen molar-refractivity contribution in [2.75, 3.05) is 24.7 Å². The summed E-state index contributed by atoms with van der Waals surface area (Å²) >= 11 is 0.948. The lowest BCUT2D eigenvalue weighted by Gasteiger charge is -2.15. The van der Waals surface area contributed by atoms with Crippen LogP contribution in [0.5, 0.6) is 0 Å². The predicted molar refractivity (Wildman–Crippen MR) is 77.9 cm³/mol. The Labute approximate surface area is 134 Å². The van der Waals surface area contributed by atoms with Crippen LogP contribution in [0.1, 0.15) is 25.0 Å². The molecule has 0 aromatic carbocycles. The SMILES string of the molecule is CSc1nc(NC(=O)CCN2CCCC2=O)cc(C(F)(F)F)n1. The lowest BCUT2D eigenvalue weighted by Crippen LogP contribution is -2.29. The summed E-state index contributed by atoms with van der Waals surface area (Å²) in [5.74, 6) is -0.707. The van der Waals surface area contributed by atoms with E-state index in [0.29, 0.717) is 19.0 Å². The highest BCUT2D eigenvalue weighted by Crippen LogP contribution is 2.30. The number of amides is 2. The van der Waals surface area contributed by atoms with Crippen LogP contribution in [0.15, 0.2) is 11.2 Å². The molecule has 1 saturated heterocycles. The molecule has 1 aliphatic heterocycles. The first-order chi connectivity index (χ1) is 10.8. The van der Waals surface area contributed by atoms with E-state index in [1.165, 1.54) is 0 Å². The maximum absolute atomic E-state index is 12.8. The van der Waals surface area contributed by atoms with Crippen molar-refractivity contribution in [3.63, 3.8) is 0 Å². The molecule has 1 N–H and O–H groups in total. The molecule has 0 aliphatic carbocycles. The van der Waals surface area contributed by atoms with Gasteiger partial charge in [0.2, 0.25) is 11.8 Å². The van der Waals surface area contributed by atoms with Gasteiger partial charge < -0.3 is 10.2 Å². The van der Waals surface area contributed by atoms with Crippen molar-refractivity contribution in [2.24, 2.45) is 0 Å². The third kappa shape index (κ3) is 4.81. The molecule has 2 rings (SSSR count). The van der Waals surface area contributed by atoms with Gasteiger partial charge in [-0.05, 0) is 12.7 Å². The largest absolute Gasteiger partial charge is 0.433 e. The highest BCUT2D eigenvalue weighted by Gasteiger charge is 2.33. The summed E-state index contributed by atoms with van der Waals surface area (Å²) in [4.78, 5) is 32.0. The van der Waals surface area contributed by atoms with E-state index in [1.807, 2.05) is 0 Å². The fourth-order valence-corrected chi connectivity index (χ4v) is 2.49. The Bertz CT molecular complexity index is 609. The number of thioether (sulfide) groups is 1. The molecule has 0 atom stereocenters. The molecule has 0 bridgehead atoms. The van der Waals surface area contributed by atoms with Crippen molar-refractivity contribution in [2.45, 2.75) is 30.6 Å². The number of aromatic nitrogens is 2. The summed E-state index contributed by atoms with van der Waals surface area (Å²) in [6.07, 6.45) is -1.83. The number of nitrogens with zero attached hydrogens (tertiary/aromatic N) is 3. The predicted octanol–water partition coefficient (Wildman–Crippen LogP) is 2.17. The van der Waals surface area contributed by atoms with Crippen LogP contribution in [-0.4, -0.2) is 46.0 Å². The molecular formula is C13H15F3N4O2S. The number of carbonyl (C=O) groups is 2. The average molecular weight is 348 g/mol. The lowest BCUT2D eigenvalue weighted by atomic mass is 10.3. The van der Waals surface area contributed by atoms with E-state index in [9.17, 15) is 22.8 Å². The smallest absolute Gasteiger partial charge is 0.342 e. The standard InChI is InChI=1S/C13H15F3N4O2S/c1-23-12-17-8(13(14,15)16)7-9(19-12)18-10(21)4-6-20-5-2-3-11(20)22/h7H,2-6H2,1H3,(H,17,18,19,21). The third-order valence-corrected chi connectivity index (χ3v) is 3.77. The fourth-order valence-electron chi connectivity index (χ4n) is 2.11. The summed E-state index contributed by atoms with van der Waals surface area (Å²) in [5.41, 5.74) is -1.11. The zero-order valence-corrected chi connectivity index (χ0v) is 13.1. The normalized spacial score (nSPS) is 15.1. The van der Waals surface area contributed by atoms with Crippen molar-refractivity contribution in [3.05, 3.63) is 11.8 Å². The third-order valence-electron chi connectivity index (χ3n) is 3.23. The van der Waals surface area contributed by atoms with Crippen molar-refractivity contribution in [1.29, 1.82) is 0 Å². The summed E-state index contributed by atoms with van der Waals surface area (Å²) < 4.78 is 38.3. The van der Waals surface area contributed by atoms with Gasteiger partial charge in [0.15, 0.2) is 10.9 Å². The molecule has 0 radical (unpaired) electrons. The molecule has 10 heteroatoms. The molecule has 23 heavy (non-hydrogen) atoms. The van der Waals surface area contributed by atoms with Crippen LogP contribution in [0.3, 0.4) is 0 Å². The molecule has 126 valence electrons. The second kappa shape index (κ2) is 7.16. The molecule has 0 saturated carbocycles. The Hall–Kier alpha value is -1.84. The molecule has 1 fully saturated rings. The minimum atomic E-state index is -4.62. The Morgan fingerprint density at radius 2 is 2.17 bits per heavy atom. The number of alkyl halides is 3. The van der Waals surface area contributed by atoms with Crippen LogP contribution in [0, 0.1) is 0 Å². The summed E-state index contributed by atoms with van der Waals surface area (Å²) in [7, 11) is 0. The van der Waals surface area contributed by atoms with Crippen molar-refractivity contribution >= 4 is 29.4 Å². The van der Waals surface area contributed by atoms with Crippen LogP contribution in [0.25, 0.3) is 0 Å². The fraction of sp³-hybridized carbons (Fsp3) is 0.538. The van der Waals surface area contributed by atoms with Crippen molar-refractivity contribution in [1.82, 2.24) is 14.9 Å². The highest BCUT2D eigenvalue weighted by molar-refractivity contribution is 7.98. The first kappa shape index (κ1) is 17.5. The van der Waals surface area contributed by atoms with Crippen molar-refractivity contribution < 1.29 is 22.8 Å². The molecule has 1 aromatic rings. The van der Waals surface area contributed by atoms with Gasteiger partial charge in [0.1, 0.15) is 5.82 Å². The molecular weight excluding hydrogens is 333 g/mol. The monoisotopic (exact) mass is 348 g/mol. The molecule has 6 nitrogen and oxygen atoms in total. The second-order valence-corrected chi connectivity index (χ2v) is 5.68. The van der Waals surface area contributed by atoms with E-state index < -0.39 is 17.8 Å². The molecule has 1 aliphatic rings. The van der Waals surface area contributed by atoms with Crippen LogP contribution in [-0.2, 0) is 15.8 Å². The van der Waals surface area contributed by atoms with E-state index >= 15 is 0 Å². The molecule has 0 unspecified atom stereocenters. The number of nitrogens with one attached hydrogen (secondary N) is 1. The molecule has 2 heterocycles. The van der Waals surface area contributed by atoms with E-state index in [2.05, 4.69) is 15.3 Å². The van der Waals surface area contributed by atoms with Crippen LogP contribution in [0.2, 0.25) is 0 Å². The van der Waals surface area contributed by atoms with Gasteiger partial charge in [0, 0.05) is 32.0 Å². The quantitative estimate of drug-likeness (QED) is 0.652. The van der Waals surface area contributed by atoms with Gasteiger partial charge in [-0.3, -0.25) is 9.59 Å². The van der Waals surface area contributed by atoms with E-state index in [0.717, 1.165) is 18.2 Å². The minimum Gasteiger partial charge on any atom is -0.342 e. The van der Waals surface area contributed by atoms with Gasteiger partial charge in [-0.1, -0.05) is 11.8 Å². The Kier molecular flexibility index (Phi) is 5.45. The van der Waals surface area contributed by atoms with Gasteiger partial charge >= 0.3 is 6.18 Å². The molecule has 0 spiro atoms. The zero-order chi connectivity index (χ0) is 17.0. The Morgan fingerprint density at radius 1 is 1.43 bits per heavy atom. The lowest BCUT2D eigenvalue weighted by molar-refractivity contribution is -0.141. The maximum Gasteiger partial charge on any atom is 0.433 e. The van der Waals surface area contributed by atoms with Crippen LogP contribution < -0.4 is 5.32 Å². The van der Waals surface area contributed by atoms with E-state index in [4.69, 9.17) is 0 Å².